The average molecular weight is 133 g/mol. The molecule has 0 fully saturated rings. The van der Waals surface area contributed by atoms with Crippen LogP contribution >= 0.6 is 0 Å². The minimum atomic E-state index is -0.979. The van der Waals surface area contributed by atoms with Gasteiger partial charge >= 0.3 is 0 Å². The van der Waals surface area contributed by atoms with E-state index in [9.17, 15) is 0 Å². The van der Waals surface area contributed by atoms with Crippen molar-refractivity contribution in [3.05, 3.63) is 0 Å². The fourth-order valence-corrected chi connectivity index (χ4v) is 0.440. The third-order valence-corrected chi connectivity index (χ3v) is 1.00. The van der Waals surface area contributed by atoms with Gasteiger partial charge < -0.3 is 20.4 Å². The number of aliphatic hydroxyl groups excluding tert-OH is 2. The lowest BCUT2D eigenvalue weighted by Gasteiger charge is -2.13. The molecule has 0 saturated carbocycles. The second kappa shape index (κ2) is 4.43. The second-order valence-corrected chi connectivity index (χ2v) is 1.62. The quantitative estimate of drug-likeness (QED) is 0.431. The van der Waals surface area contributed by atoms with E-state index in [4.69, 9.17) is 15.6 Å². The molecule has 0 rings (SSSR count). The van der Waals surface area contributed by atoms with E-state index in [1.54, 1.807) is 0 Å². The fourth-order valence-electron chi connectivity index (χ4n) is 0.440. The Kier molecular flexibility index (Phi) is 4.21. The number of rotatable bonds is 4. The molecule has 0 saturated heterocycles. The predicted octanol–water partition coefficient (Wildman–Crippen LogP) is -0.996. The first-order valence-corrected chi connectivity index (χ1v) is 2.58. The first-order valence-electron chi connectivity index (χ1n) is 2.58. The smallest absolute Gasteiger partial charge is 0.120 e. The highest BCUT2D eigenvalue weighted by Gasteiger charge is 2.13. The largest absolute Gasteiger partial charge is 0.394 e. The summed E-state index contributed by atoms with van der Waals surface area (Å²) >= 11 is 0. The van der Waals surface area contributed by atoms with E-state index >= 15 is 0 Å². The van der Waals surface area contributed by atoms with Gasteiger partial charge in [-0.05, 0) is 0 Å². The number of methoxy groups -OCH3 is 1. The molecule has 4 heteroatoms. The molecule has 54 valence electrons. The van der Waals surface area contributed by atoms with E-state index in [1.807, 2.05) is 0 Å². The van der Waals surface area contributed by atoms with Crippen LogP contribution in [0.5, 0.6) is 0 Å². The van der Waals surface area contributed by atoms with Gasteiger partial charge in [-0.1, -0.05) is 0 Å². The Morgan fingerprint density at radius 1 is 1.78 bits per heavy atom. The molecule has 0 radical (unpaired) electrons. The lowest BCUT2D eigenvalue weighted by molar-refractivity contribution is -0.00176. The molecule has 0 aliphatic rings. The number of nitrogens with one attached hydrogen (secondary N) is 1. The molecule has 0 amide bonds. The topological polar surface area (TPSA) is 73.5 Å². The minimum Gasteiger partial charge on any atom is -0.394 e. The summed E-state index contributed by atoms with van der Waals surface area (Å²) < 4.78 is 4.60. The van der Waals surface area contributed by atoms with Crippen molar-refractivity contribution in [3.63, 3.8) is 0 Å². The summed E-state index contributed by atoms with van der Waals surface area (Å²) in [5.41, 5.74) is 0. The van der Waals surface area contributed by atoms with Gasteiger partial charge in [0.25, 0.3) is 0 Å². The van der Waals surface area contributed by atoms with Crippen molar-refractivity contribution in [1.29, 1.82) is 5.41 Å². The van der Waals surface area contributed by atoms with E-state index in [-0.39, 0.29) is 6.61 Å². The molecule has 4 nitrogen and oxygen atoms in total. The monoisotopic (exact) mass is 133 g/mol. The molecular weight excluding hydrogens is 122 g/mol. The number of hydrogen-bond donors (Lipinski definition) is 3. The lowest BCUT2D eigenvalue weighted by Crippen LogP contribution is -2.31. The van der Waals surface area contributed by atoms with Crippen molar-refractivity contribution in [2.24, 2.45) is 0 Å². The molecule has 0 heterocycles. The van der Waals surface area contributed by atoms with Gasteiger partial charge in [0.2, 0.25) is 0 Å². The summed E-state index contributed by atoms with van der Waals surface area (Å²) in [4.78, 5) is 0. The van der Waals surface area contributed by atoms with Crippen LogP contribution in [0, 0.1) is 5.41 Å². The molecule has 0 spiro atoms. The van der Waals surface area contributed by atoms with Crippen molar-refractivity contribution < 1.29 is 14.9 Å². The standard InChI is InChI=1S/C5H11NO3/c1-9-5(2-6)4(8)3-7/h2,4-8H,3H2,1H3. The zero-order valence-corrected chi connectivity index (χ0v) is 5.24. The van der Waals surface area contributed by atoms with Crippen LogP contribution in [0.3, 0.4) is 0 Å². The highest BCUT2D eigenvalue weighted by molar-refractivity contribution is 5.60. The van der Waals surface area contributed by atoms with Gasteiger partial charge in [-0.3, -0.25) is 0 Å². The Morgan fingerprint density at radius 3 is 2.44 bits per heavy atom. The van der Waals surface area contributed by atoms with Crippen LogP contribution < -0.4 is 0 Å². The van der Waals surface area contributed by atoms with Crippen molar-refractivity contribution in [3.8, 4) is 0 Å². The minimum absolute atomic E-state index is 0.381. The van der Waals surface area contributed by atoms with Crippen molar-refractivity contribution in [2.45, 2.75) is 12.2 Å². The van der Waals surface area contributed by atoms with E-state index in [0.717, 1.165) is 6.21 Å². The zero-order chi connectivity index (χ0) is 7.28. The van der Waals surface area contributed by atoms with Gasteiger partial charge in [-0.15, -0.1) is 0 Å². The maximum Gasteiger partial charge on any atom is 0.120 e. The summed E-state index contributed by atoms with van der Waals surface area (Å²) in [7, 11) is 1.37. The molecule has 3 N–H and O–H groups in total. The van der Waals surface area contributed by atoms with Gasteiger partial charge in [0.15, 0.2) is 0 Å². The Morgan fingerprint density at radius 2 is 2.33 bits per heavy atom. The Labute approximate surface area is 53.6 Å². The summed E-state index contributed by atoms with van der Waals surface area (Å²) in [6.07, 6.45) is -0.719. The SMILES string of the molecule is COC(C=N)C(O)CO. The Bertz CT molecular complexity index is 86.3. The average Bonchev–Trinajstić information content (AvgIpc) is 1.90. The maximum atomic E-state index is 8.79. The van der Waals surface area contributed by atoms with E-state index in [0.29, 0.717) is 0 Å². The van der Waals surface area contributed by atoms with Crippen LogP contribution in [-0.2, 0) is 4.74 Å². The van der Waals surface area contributed by atoms with Gasteiger partial charge in [0.05, 0.1) is 6.61 Å². The molecule has 9 heavy (non-hydrogen) atoms. The normalized spacial score (nSPS) is 16.8. The molecular formula is C5H11NO3. The molecule has 0 aliphatic carbocycles. The summed E-state index contributed by atoms with van der Waals surface area (Å²) in [5.74, 6) is 0. The maximum absolute atomic E-state index is 8.79. The summed E-state index contributed by atoms with van der Waals surface area (Å²) in [5, 5.41) is 23.8. The Hall–Kier alpha value is -0.450. The third-order valence-electron chi connectivity index (χ3n) is 1.00. The van der Waals surface area contributed by atoms with E-state index < -0.39 is 12.2 Å². The molecule has 2 atom stereocenters. The van der Waals surface area contributed by atoms with Crippen molar-refractivity contribution >= 4 is 6.21 Å². The van der Waals surface area contributed by atoms with Gasteiger partial charge in [-0.2, -0.15) is 0 Å². The van der Waals surface area contributed by atoms with Crippen molar-refractivity contribution in [2.75, 3.05) is 13.7 Å². The van der Waals surface area contributed by atoms with Crippen LogP contribution in [0.15, 0.2) is 0 Å². The molecule has 0 aromatic carbocycles. The molecule has 0 aromatic heterocycles. The molecule has 0 aromatic rings. The van der Waals surface area contributed by atoms with E-state index in [1.165, 1.54) is 7.11 Å². The van der Waals surface area contributed by atoms with Gasteiger partial charge in [-0.25, -0.2) is 0 Å². The number of hydrogen-bond acceptors (Lipinski definition) is 4. The van der Waals surface area contributed by atoms with Crippen LogP contribution in [0.1, 0.15) is 0 Å². The van der Waals surface area contributed by atoms with Crippen LogP contribution in [-0.4, -0.2) is 42.4 Å². The van der Waals surface area contributed by atoms with E-state index in [2.05, 4.69) is 4.74 Å². The molecule has 2 unspecified atom stereocenters. The number of ether oxygens (including phenoxy) is 1. The van der Waals surface area contributed by atoms with Crippen LogP contribution in [0.2, 0.25) is 0 Å². The van der Waals surface area contributed by atoms with Crippen molar-refractivity contribution in [1.82, 2.24) is 0 Å². The highest BCUT2D eigenvalue weighted by atomic mass is 16.5. The fraction of sp³-hybridized carbons (Fsp3) is 0.800. The third kappa shape index (κ3) is 2.55. The zero-order valence-electron chi connectivity index (χ0n) is 5.24. The number of aliphatic hydroxyl groups is 2. The molecule has 0 aliphatic heterocycles. The first-order chi connectivity index (χ1) is 4.26. The summed E-state index contributed by atoms with van der Waals surface area (Å²) in [6.45, 7) is -0.381. The highest BCUT2D eigenvalue weighted by Crippen LogP contribution is 1.92. The van der Waals surface area contributed by atoms with Crippen LogP contribution in [0.4, 0.5) is 0 Å². The second-order valence-electron chi connectivity index (χ2n) is 1.62. The van der Waals surface area contributed by atoms with Gasteiger partial charge in [0.1, 0.15) is 12.2 Å². The first kappa shape index (κ1) is 8.55. The predicted molar refractivity (Wildman–Crippen MR) is 32.7 cm³/mol. The lowest BCUT2D eigenvalue weighted by atomic mass is 10.2. The molecule has 0 bridgehead atoms. The van der Waals surface area contributed by atoms with Crippen LogP contribution in [0.25, 0.3) is 0 Å². The van der Waals surface area contributed by atoms with Gasteiger partial charge in [0, 0.05) is 13.3 Å². The Balaban J connectivity index is 3.63. The summed E-state index contributed by atoms with van der Waals surface area (Å²) in [6, 6.07) is 0.